The second kappa shape index (κ2) is 14.6. The van der Waals surface area contributed by atoms with E-state index in [1.807, 2.05) is 26.0 Å². The van der Waals surface area contributed by atoms with Crippen LogP contribution in [-0.2, 0) is 49.3 Å². The van der Waals surface area contributed by atoms with Gasteiger partial charge in [0.25, 0.3) is 0 Å². The molecule has 0 N–H and O–H groups in total. The summed E-state index contributed by atoms with van der Waals surface area (Å²) < 4.78 is 34.7. The van der Waals surface area contributed by atoms with Crippen LogP contribution in [0.3, 0.4) is 0 Å². The summed E-state index contributed by atoms with van der Waals surface area (Å²) in [5.74, 6) is -1.87. The van der Waals surface area contributed by atoms with Crippen LogP contribution in [0.25, 0.3) is 0 Å². The Morgan fingerprint density at radius 1 is 0.867 bits per heavy atom. The van der Waals surface area contributed by atoms with Gasteiger partial charge in [0.05, 0.1) is 17.7 Å². The van der Waals surface area contributed by atoms with Crippen molar-refractivity contribution in [2.75, 3.05) is 6.61 Å². The molecule has 2 aliphatic rings. The van der Waals surface area contributed by atoms with Gasteiger partial charge in [-0.15, -0.1) is 0 Å². The van der Waals surface area contributed by atoms with Crippen LogP contribution >= 0.6 is 0 Å². The zero-order valence-electron chi connectivity index (χ0n) is 26.4. The number of hydrogen-bond donors (Lipinski definition) is 0. The average Bonchev–Trinajstić information content (AvgIpc) is 3.80. The minimum absolute atomic E-state index is 0.287. The SMILES string of the molecule is CC(=O)OC[C@H]1O[C@@H](c2cc(Cc3ccc(C4CC4)cc3)c(C#N)cc2OC(C)C)[C@H](OC(C)=O)[C@@H](OC(C)=O)[C@@H]1OC(C)=O. The van der Waals surface area contributed by atoms with E-state index >= 15 is 0 Å². The normalized spacial score (nSPS) is 22.6. The minimum Gasteiger partial charge on any atom is -0.491 e. The van der Waals surface area contributed by atoms with Crippen LogP contribution in [-0.4, -0.2) is 61.0 Å². The summed E-state index contributed by atoms with van der Waals surface area (Å²) in [5.41, 5.74) is 3.73. The second-order valence-electron chi connectivity index (χ2n) is 11.6. The number of ether oxygens (including phenoxy) is 6. The molecule has 11 nitrogen and oxygen atoms in total. The van der Waals surface area contributed by atoms with Crippen LogP contribution in [0.4, 0.5) is 0 Å². The van der Waals surface area contributed by atoms with Crippen LogP contribution in [0.2, 0.25) is 0 Å². The molecule has 2 fully saturated rings. The Morgan fingerprint density at radius 3 is 2.00 bits per heavy atom. The number of carbonyl (C=O) groups excluding carboxylic acids is 4. The quantitative estimate of drug-likeness (QED) is 0.256. The van der Waals surface area contributed by atoms with Crippen molar-refractivity contribution in [1.82, 2.24) is 0 Å². The lowest BCUT2D eigenvalue weighted by atomic mass is 9.87. The molecule has 0 spiro atoms. The Hall–Kier alpha value is -4.43. The van der Waals surface area contributed by atoms with Gasteiger partial charge in [-0.05, 0) is 67.9 Å². The second-order valence-corrected chi connectivity index (χ2v) is 11.6. The molecule has 1 aliphatic carbocycles. The van der Waals surface area contributed by atoms with E-state index in [2.05, 4.69) is 18.2 Å². The van der Waals surface area contributed by atoms with E-state index in [4.69, 9.17) is 28.4 Å². The fourth-order valence-corrected chi connectivity index (χ4v) is 5.50. The summed E-state index contributed by atoms with van der Waals surface area (Å²) in [6.07, 6.45) is -3.74. The monoisotopic (exact) mass is 621 g/mol. The summed E-state index contributed by atoms with van der Waals surface area (Å²) in [4.78, 5) is 48.7. The van der Waals surface area contributed by atoms with Crippen LogP contribution in [0.15, 0.2) is 36.4 Å². The van der Waals surface area contributed by atoms with Crippen molar-refractivity contribution in [2.45, 2.75) is 103 Å². The molecule has 0 radical (unpaired) electrons. The number of benzene rings is 2. The lowest BCUT2D eigenvalue weighted by Crippen LogP contribution is -2.59. The molecular formula is C34H39NO10. The van der Waals surface area contributed by atoms with Crippen LogP contribution in [0.1, 0.15) is 94.2 Å². The van der Waals surface area contributed by atoms with Gasteiger partial charge in [-0.1, -0.05) is 24.3 Å². The highest BCUT2D eigenvalue weighted by atomic mass is 16.7. The molecule has 0 aromatic heterocycles. The van der Waals surface area contributed by atoms with Gasteiger partial charge in [-0.25, -0.2) is 0 Å². The maximum Gasteiger partial charge on any atom is 0.303 e. The molecule has 4 rings (SSSR count). The van der Waals surface area contributed by atoms with Crippen molar-refractivity contribution < 1.29 is 47.6 Å². The van der Waals surface area contributed by atoms with Crippen LogP contribution in [0.5, 0.6) is 5.75 Å². The smallest absolute Gasteiger partial charge is 0.303 e. The third-order valence-electron chi connectivity index (χ3n) is 7.44. The summed E-state index contributed by atoms with van der Waals surface area (Å²) in [6, 6.07) is 13.9. The lowest BCUT2D eigenvalue weighted by Gasteiger charge is -2.45. The lowest BCUT2D eigenvalue weighted by molar-refractivity contribution is -0.254. The van der Waals surface area contributed by atoms with Gasteiger partial charge >= 0.3 is 23.9 Å². The van der Waals surface area contributed by atoms with E-state index in [0.717, 1.165) is 5.56 Å². The molecule has 0 unspecified atom stereocenters. The molecule has 1 saturated carbocycles. The van der Waals surface area contributed by atoms with Gasteiger partial charge in [0.1, 0.15) is 24.6 Å². The van der Waals surface area contributed by atoms with E-state index in [-0.39, 0.29) is 18.5 Å². The number of nitrogens with zero attached hydrogens (tertiary/aromatic N) is 1. The maximum atomic E-state index is 12.4. The van der Waals surface area contributed by atoms with Crippen molar-refractivity contribution in [1.29, 1.82) is 5.26 Å². The summed E-state index contributed by atoms with van der Waals surface area (Å²) in [5, 5.41) is 10.1. The first kappa shape index (κ1) is 33.5. The molecule has 0 bridgehead atoms. The first-order valence-corrected chi connectivity index (χ1v) is 15.0. The van der Waals surface area contributed by atoms with E-state index in [9.17, 15) is 24.4 Å². The maximum absolute atomic E-state index is 12.4. The predicted octanol–water partition coefficient (Wildman–Crippen LogP) is 4.61. The molecule has 45 heavy (non-hydrogen) atoms. The predicted molar refractivity (Wildman–Crippen MR) is 159 cm³/mol. The van der Waals surface area contributed by atoms with Crippen molar-refractivity contribution in [3.05, 3.63) is 64.2 Å². The van der Waals surface area contributed by atoms with Gasteiger partial charge in [-0.2, -0.15) is 5.26 Å². The molecule has 0 amide bonds. The van der Waals surface area contributed by atoms with Gasteiger partial charge in [0, 0.05) is 33.3 Å². The van der Waals surface area contributed by atoms with Crippen LogP contribution in [0, 0.1) is 11.3 Å². The summed E-state index contributed by atoms with van der Waals surface area (Å²) in [7, 11) is 0. The van der Waals surface area contributed by atoms with Crippen LogP contribution < -0.4 is 4.74 Å². The third-order valence-corrected chi connectivity index (χ3v) is 7.44. The Bertz CT molecular complexity index is 1460. The molecule has 1 aliphatic heterocycles. The van der Waals surface area contributed by atoms with Crippen molar-refractivity contribution in [3.63, 3.8) is 0 Å². The highest BCUT2D eigenvalue weighted by molar-refractivity contribution is 5.69. The Balaban J connectivity index is 1.85. The van der Waals surface area contributed by atoms with E-state index in [1.54, 1.807) is 12.1 Å². The number of hydrogen-bond acceptors (Lipinski definition) is 11. The van der Waals surface area contributed by atoms with Gasteiger partial charge in [-0.3, -0.25) is 19.2 Å². The zero-order chi connectivity index (χ0) is 32.8. The number of esters is 4. The van der Waals surface area contributed by atoms with E-state index < -0.39 is 54.4 Å². The van der Waals surface area contributed by atoms with Gasteiger partial charge in [0.2, 0.25) is 0 Å². The Morgan fingerprint density at radius 2 is 1.47 bits per heavy atom. The zero-order valence-corrected chi connectivity index (χ0v) is 26.4. The summed E-state index contributed by atoms with van der Waals surface area (Å²) >= 11 is 0. The molecule has 240 valence electrons. The number of nitriles is 1. The van der Waals surface area contributed by atoms with E-state index in [1.165, 1.54) is 46.1 Å². The minimum atomic E-state index is -1.34. The highest BCUT2D eigenvalue weighted by Crippen LogP contribution is 2.43. The Kier molecular flexibility index (Phi) is 10.8. The topological polar surface area (TPSA) is 147 Å². The summed E-state index contributed by atoms with van der Waals surface area (Å²) in [6.45, 7) is 8.02. The van der Waals surface area contributed by atoms with Crippen molar-refractivity contribution in [2.24, 2.45) is 0 Å². The fraction of sp³-hybridized carbons (Fsp3) is 0.500. The van der Waals surface area contributed by atoms with E-state index in [0.29, 0.717) is 29.0 Å². The average molecular weight is 622 g/mol. The fourth-order valence-electron chi connectivity index (χ4n) is 5.50. The molecule has 2 aromatic rings. The molecule has 1 saturated heterocycles. The number of carbonyl (C=O) groups is 4. The molecular weight excluding hydrogens is 582 g/mol. The molecule has 2 aromatic carbocycles. The van der Waals surface area contributed by atoms with Crippen molar-refractivity contribution >= 4 is 23.9 Å². The Labute approximate surface area is 262 Å². The standard InChI is InChI=1S/C34H39NO10/c1-18(2)41-29-15-27(16-35)26(13-23-7-9-24(10-8-23)25-11-12-25)14-28(29)31-33(43-21(5)38)34(44-22(6)39)32(42-20(4)37)30(45-31)17-40-19(3)36/h7-10,14-15,18,25,30-34H,11-13,17H2,1-6H3/t30-,31+,32-,33+,34+/m1/s1. The first-order chi connectivity index (χ1) is 21.4. The van der Waals surface area contributed by atoms with Gasteiger partial charge < -0.3 is 28.4 Å². The first-order valence-electron chi connectivity index (χ1n) is 15.0. The molecule has 5 atom stereocenters. The molecule has 11 heteroatoms. The third kappa shape index (κ3) is 8.82. The van der Waals surface area contributed by atoms with Gasteiger partial charge in [0.15, 0.2) is 18.3 Å². The van der Waals surface area contributed by atoms with Crippen molar-refractivity contribution in [3.8, 4) is 11.8 Å². The number of rotatable bonds is 11. The highest BCUT2D eigenvalue weighted by Gasteiger charge is 2.53. The molecule has 1 heterocycles. The largest absolute Gasteiger partial charge is 0.491 e.